The van der Waals surface area contributed by atoms with E-state index in [1.807, 2.05) is 17.8 Å². The van der Waals surface area contributed by atoms with Crippen molar-refractivity contribution in [2.24, 2.45) is 7.05 Å². The van der Waals surface area contributed by atoms with Gasteiger partial charge in [0.1, 0.15) is 0 Å². The van der Waals surface area contributed by atoms with Gasteiger partial charge in [-0.05, 0) is 25.7 Å². The first-order valence-electron chi connectivity index (χ1n) is 6.94. The van der Waals surface area contributed by atoms with Crippen LogP contribution >= 0.6 is 11.3 Å². The molecule has 20 heavy (non-hydrogen) atoms. The van der Waals surface area contributed by atoms with Crippen molar-refractivity contribution < 1.29 is 4.79 Å². The molecule has 2 aromatic heterocycles. The predicted octanol–water partition coefficient (Wildman–Crippen LogP) is 2.50. The van der Waals surface area contributed by atoms with Gasteiger partial charge in [0.25, 0.3) is 0 Å². The summed E-state index contributed by atoms with van der Waals surface area (Å²) in [7, 11) is 1.99. The minimum atomic E-state index is -0.145. The molecule has 2 aromatic rings. The van der Waals surface area contributed by atoms with E-state index in [1.54, 1.807) is 17.7 Å². The number of carbonyl (C=O) groups is 1. The number of amides is 1. The maximum atomic E-state index is 12.4. The van der Waals surface area contributed by atoms with E-state index in [-0.39, 0.29) is 11.8 Å². The second-order valence-corrected chi connectivity index (χ2v) is 6.22. The molecule has 0 saturated heterocycles. The minimum absolute atomic E-state index is 0.0154. The van der Waals surface area contributed by atoms with E-state index in [0.717, 1.165) is 31.4 Å². The third-order valence-corrected chi connectivity index (χ3v) is 4.83. The van der Waals surface area contributed by atoms with E-state index < -0.39 is 0 Å². The Morgan fingerprint density at radius 1 is 1.55 bits per heavy atom. The number of aryl methyl sites for hydroxylation is 2. The summed E-state index contributed by atoms with van der Waals surface area (Å²) in [5.74, 6) is -0.129. The maximum Gasteiger partial charge on any atom is 0.235 e. The summed E-state index contributed by atoms with van der Waals surface area (Å²) in [6.07, 6.45) is 7.47. The fraction of sp³-hybridized carbons (Fsp3) is 0.500. The van der Waals surface area contributed by atoms with Gasteiger partial charge in [-0.2, -0.15) is 0 Å². The van der Waals surface area contributed by atoms with Gasteiger partial charge in [-0.15, -0.1) is 11.3 Å². The molecule has 0 saturated carbocycles. The average Bonchev–Trinajstić information content (AvgIpc) is 3.06. The van der Waals surface area contributed by atoms with Crippen LogP contribution in [0.5, 0.6) is 0 Å². The number of aromatic nitrogens is 3. The molecule has 3 rings (SSSR count). The Bertz CT molecular complexity index is 631. The van der Waals surface area contributed by atoms with Gasteiger partial charge in [0.05, 0.1) is 17.9 Å². The molecular weight excluding hydrogens is 272 g/mol. The van der Waals surface area contributed by atoms with Crippen LogP contribution in [0.4, 0.5) is 5.13 Å². The number of rotatable bonds is 3. The fourth-order valence-corrected chi connectivity index (χ4v) is 3.41. The Balaban J connectivity index is 1.78. The van der Waals surface area contributed by atoms with E-state index in [4.69, 9.17) is 0 Å². The number of thiazole rings is 1. The molecule has 0 bridgehead atoms. The van der Waals surface area contributed by atoms with Crippen molar-refractivity contribution >= 4 is 22.4 Å². The molecule has 5 nitrogen and oxygen atoms in total. The smallest absolute Gasteiger partial charge is 0.235 e. The van der Waals surface area contributed by atoms with Crippen molar-refractivity contribution in [3.8, 4) is 0 Å². The van der Waals surface area contributed by atoms with Crippen molar-refractivity contribution in [1.82, 2.24) is 14.5 Å². The normalized spacial score (nSPS) is 17.8. The SMILES string of the molecule is CCc1cnc(NC(=O)C2CCCc3c2ncn3C)s1. The van der Waals surface area contributed by atoms with Crippen molar-refractivity contribution in [3.05, 3.63) is 28.8 Å². The van der Waals surface area contributed by atoms with E-state index in [2.05, 4.69) is 22.2 Å². The highest BCUT2D eigenvalue weighted by Gasteiger charge is 2.30. The van der Waals surface area contributed by atoms with Gasteiger partial charge in [-0.3, -0.25) is 4.79 Å². The van der Waals surface area contributed by atoms with E-state index in [9.17, 15) is 4.79 Å². The molecule has 0 aliphatic heterocycles. The van der Waals surface area contributed by atoms with Crippen molar-refractivity contribution in [2.45, 2.75) is 38.5 Å². The van der Waals surface area contributed by atoms with Crippen LogP contribution in [-0.4, -0.2) is 20.4 Å². The molecule has 0 aromatic carbocycles. The highest BCUT2D eigenvalue weighted by Crippen LogP contribution is 2.31. The highest BCUT2D eigenvalue weighted by atomic mass is 32.1. The van der Waals surface area contributed by atoms with Crippen molar-refractivity contribution in [1.29, 1.82) is 0 Å². The number of hydrogen-bond donors (Lipinski definition) is 1. The van der Waals surface area contributed by atoms with Gasteiger partial charge >= 0.3 is 0 Å². The number of nitrogens with zero attached hydrogens (tertiary/aromatic N) is 3. The van der Waals surface area contributed by atoms with Crippen LogP contribution in [0.25, 0.3) is 0 Å². The zero-order chi connectivity index (χ0) is 14.1. The van der Waals surface area contributed by atoms with Crippen LogP contribution in [0, 0.1) is 0 Å². The van der Waals surface area contributed by atoms with Crippen molar-refractivity contribution in [3.63, 3.8) is 0 Å². The Morgan fingerprint density at radius 3 is 3.15 bits per heavy atom. The second-order valence-electron chi connectivity index (χ2n) is 5.11. The van der Waals surface area contributed by atoms with Gasteiger partial charge < -0.3 is 9.88 Å². The Morgan fingerprint density at radius 2 is 2.40 bits per heavy atom. The number of anilines is 1. The summed E-state index contributed by atoms with van der Waals surface area (Å²) in [5.41, 5.74) is 2.12. The third kappa shape index (κ3) is 2.35. The highest BCUT2D eigenvalue weighted by molar-refractivity contribution is 7.15. The number of nitrogens with one attached hydrogen (secondary N) is 1. The van der Waals surface area contributed by atoms with Gasteiger partial charge in [-0.1, -0.05) is 6.92 Å². The van der Waals surface area contributed by atoms with Gasteiger partial charge in [-0.25, -0.2) is 9.97 Å². The summed E-state index contributed by atoms with van der Waals surface area (Å²) in [5, 5.41) is 3.63. The first-order valence-corrected chi connectivity index (χ1v) is 7.76. The minimum Gasteiger partial charge on any atom is -0.337 e. The zero-order valence-corrected chi connectivity index (χ0v) is 12.5. The van der Waals surface area contributed by atoms with Gasteiger partial charge in [0, 0.05) is 23.8 Å². The lowest BCUT2D eigenvalue weighted by atomic mass is 9.89. The van der Waals surface area contributed by atoms with E-state index in [0.29, 0.717) is 5.13 Å². The van der Waals surface area contributed by atoms with Crippen LogP contribution in [0.2, 0.25) is 0 Å². The number of fused-ring (bicyclic) bond motifs is 1. The summed E-state index contributed by atoms with van der Waals surface area (Å²) >= 11 is 1.54. The lowest BCUT2D eigenvalue weighted by Gasteiger charge is -2.20. The standard InChI is InChI=1S/C14H18N4OS/c1-3-9-7-15-14(20-9)17-13(19)10-5-4-6-11-12(10)16-8-18(11)2/h7-8,10H,3-6H2,1-2H3,(H,15,17,19). The monoisotopic (exact) mass is 290 g/mol. The summed E-state index contributed by atoms with van der Waals surface area (Å²) in [4.78, 5) is 22.3. The molecule has 0 spiro atoms. The van der Waals surface area contributed by atoms with Gasteiger partial charge in [0.15, 0.2) is 5.13 Å². The number of hydrogen-bond acceptors (Lipinski definition) is 4. The largest absolute Gasteiger partial charge is 0.337 e. The zero-order valence-electron chi connectivity index (χ0n) is 11.7. The molecule has 1 atom stereocenters. The Hall–Kier alpha value is -1.69. The lowest BCUT2D eigenvalue weighted by Crippen LogP contribution is -2.25. The molecular formula is C14H18N4OS. The first kappa shape index (κ1) is 13.3. The van der Waals surface area contributed by atoms with Gasteiger partial charge in [0.2, 0.25) is 5.91 Å². The summed E-state index contributed by atoms with van der Waals surface area (Å²) < 4.78 is 2.02. The molecule has 1 unspecified atom stereocenters. The van der Waals surface area contributed by atoms with E-state index >= 15 is 0 Å². The summed E-state index contributed by atoms with van der Waals surface area (Å²) in [6, 6.07) is 0. The van der Waals surface area contributed by atoms with Crippen LogP contribution in [-0.2, 0) is 24.7 Å². The quantitative estimate of drug-likeness (QED) is 0.945. The average molecular weight is 290 g/mol. The number of imidazole rings is 1. The molecule has 1 aliphatic carbocycles. The van der Waals surface area contributed by atoms with Crippen molar-refractivity contribution in [2.75, 3.05) is 5.32 Å². The predicted molar refractivity (Wildman–Crippen MR) is 79.0 cm³/mol. The Kier molecular flexibility index (Phi) is 3.56. The topological polar surface area (TPSA) is 59.8 Å². The first-order chi connectivity index (χ1) is 9.69. The van der Waals surface area contributed by atoms with Crippen LogP contribution in [0.15, 0.2) is 12.5 Å². The van der Waals surface area contributed by atoms with Crippen LogP contribution in [0.3, 0.4) is 0 Å². The molecule has 106 valence electrons. The number of carbonyl (C=O) groups excluding carboxylic acids is 1. The molecule has 1 aliphatic rings. The van der Waals surface area contributed by atoms with Crippen LogP contribution in [0.1, 0.15) is 41.9 Å². The summed E-state index contributed by atoms with van der Waals surface area (Å²) in [6.45, 7) is 2.08. The molecule has 6 heteroatoms. The molecule has 2 heterocycles. The second kappa shape index (κ2) is 5.36. The lowest BCUT2D eigenvalue weighted by molar-refractivity contribution is -0.118. The van der Waals surface area contributed by atoms with E-state index in [1.165, 1.54) is 10.6 Å². The molecule has 1 N–H and O–H groups in total. The fourth-order valence-electron chi connectivity index (χ4n) is 2.66. The maximum absolute atomic E-state index is 12.4. The Labute approximate surface area is 122 Å². The molecule has 0 fully saturated rings. The third-order valence-electron chi connectivity index (χ3n) is 3.78. The molecule has 1 amide bonds. The van der Waals surface area contributed by atoms with Crippen LogP contribution < -0.4 is 5.32 Å². The molecule has 0 radical (unpaired) electrons.